The Morgan fingerprint density at radius 3 is 2.48 bits per heavy atom. The summed E-state index contributed by atoms with van der Waals surface area (Å²) in [5, 5.41) is 16.2. The summed E-state index contributed by atoms with van der Waals surface area (Å²) in [6.07, 6.45) is 0. The van der Waals surface area contributed by atoms with Crippen molar-refractivity contribution in [2.45, 2.75) is 20.4 Å². The van der Waals surface area contributed by atoms with E-state index >= 15 is 0 Å². The number of carboxylic acids is 1. The summed E-state index contributed by atoms with van der Waals surface area (Å²) >= 11 is 0. The van der Waals surface area contributed by atoms with Gasteiger partial charge in [0.25, 0.3) is 0 Å². The van der Waals surface area contributed by atoms with Gasteiger partial charge in [-0.05, 0) is 18.1 Å². The number of carbonyl (C=O) groups excluding carboxylic acids is 2. The minimum absolute atomic E-state index is 0.0345. The lowest BCUT2D eigenvalue weighted by Gasteiger charge is -2.09. The molecule has 1 aromatic rings. The van der Waals surface area contributed by atoms with Crippen LogP contribution in [0.1, 0.15) is 30.2 Å². The first kappa shape index (κ1) is 16.5. The number of carbonyl (C=O) groups is 3. The van der Waals surface area contributed by atoms with Crippen molar-refractivity contribution < 1.29 is 23.9 Å². The molecule has 3 amide bonds. The lowest BCUT2D eigenvalue weighted by molar-refractivity contribution is -0.120. The SMILES string of the molecule is CC(C)CNC(=O)CNC(=O)NCc1ccc(C(=O)O)o1. The van der Waals surface area contributed by atoms with Crippen LogP contribution in [0.2, 0.25) is 0 Å². The summed E-state index contributed by atoms with van der Waals surface area (Å²) in [6.45, 7) is 4.39. The standard InChI is InChI=1S/C13H19N3O5/c1-8(2)5-14-11(17)7-16-13(20)15-6-9-3-4-10(21-9)12(18)19/h3-4,8H,5-7H2,1-2H3,(H,14,17)(H,18,19)(H2,15,16,20). The summed E-state index contributed by atoms with van der Waals surface area (Å²) in [5.41, 5.74) is 0. The van der Waals surface area contributed by atoms with Gasteiger partial charge in [0.05, 0.1) is 13.1 Å². The Hall–Kier alpha value is -2.51. The highest BCUT2D eigenvalue weighted by Crippen LogP contribution is 2.07. The third kappa shape index (κ3) is 6.46. The minimum atomic E-state index is -1.17. The van der Waals surface area contributed by atoms with Crippen LogP contribution >= 0.6 is 0 Å². The highest BCUT2D eigenvalue weighted by atomic mass is 16.4. The van der Waals surface area contributed by atoms with Gasteiger partial charge in [-0.2, -0.15) is 0 Å². The van der Waals surface area contributed by atoms with Crippen LogP contribution in [0, 0.1) is 5.92 Å². The highest BCUT2D eigenvalue weighted by molar-refractivity contribution is 5.84. The first-order valence-corrected chi connectivity index (χ1v) is 6.49. The summed E-state index contributed by atoms with van der Waals surface area (Å²) in [4.78, 5) is 33.4. The maximum absolute atomic E-state index is 11.4. The van der Waals surface area contributed by atoms with Gasteiger partial charge in [-0.3, -0.25) is 4.79 Å². The molecule has 0 aliphatic heterocycles. The molecule has 1 aromatic heterocycles. The Morgan fingerprint density at radius 1 is 1.19 bits per heavy atom. The van der Waals surface area contributed by atoms with Crippen molar-refractivity contribution in [3.05, 3.63) is 23.7 Å². The first-order valence-electron chi connectivity index (χ1n) is 6.49. The van der Waals surface area contributed by atoms with E-state index in [1.165, 1.54) is 12.1 Å². The Kier molecular flexibility index (Phi) is 6.25. The average molecular weight is 297 g/mol. The summed E-state index contributed by atoms with van der Waals surface area (Å²) in [7, 11) is 0. The fourth-order valence-corrected chi connectivity index (χ4v) is 1.36. The zero-order valence-electron chi connectivity index (χ0n) is 11.9. The van der Waals surface area contributed by atoms with Crippen LogP contribution in [0.5, 0.6) is 0 Å². The molecule has 1 rings (SSSR count). The predicted octanol–water partition coefficient (Wildman–Crippen LogP) is 0.549. The van der Waals surface area contributed by atoms with E-state index in [4.69, 9.17) is 9.52 Å². The number of furan rings is 1. The molecule has 21 heavy (non-hydrogen) atoms. The number of hydrogen-bond donors (Lipinski definition) is 4. The van der Waals surface area contributed by atoms with Crippen LogP contribution < -0.4 is 16.0 Å². The molecule has 0 saturated heterocycles. The summed E-state index contributed by atoms with van der Waals surface area (Å²) in [5.74, 6) is -0.991. The van der Waals surface area contributed by atoms with Crippen molar-refractivity contribution in [2.75, 3.05) is 13.1 Å². The van der Waals surface area contributed by atoms with E-state index < -0.39 is 12.0 Å². The van der Waals surface area contributed by atoms with Crippen LogP contribution in [0.15, 0.2) is 16.5 Å². The monoisotopic (exact) mass is 297 g/mol. The van der Waals surface area contributed by atoms with Gasteiger partial charge in [-0.25, -0.2) is 9.59 Å². The lowest BCUT2D eigenvalue weighted by atomic mass is 10.2. The number of amides is 3. The quantitative estimate of drug-likeness (QED) is 0.585. The highest BCUT2D eigenvalue weighted by Gasteiger charge is 2.10. The molecule has 0 fully saturated rings. The molecule has 4 N–H and O–H groups in total. The smallest absolute Gasteiger partial charge is 0.371 e. The molecule has 0 unspecified atom stereocenters. The zero-order valence-corrected chi connectivity index (χ0v) is 11.9. The van der Waals surface area contributed by atoms with Crippen molar-refractivity contribution >= 4 is 17.9 Å². The predicted molar refractivity (Wildman–Crippen MR) is 73.8 cm³/mol. The van der Waals surface area contributed by atoms with E-state index in [9.17, 15) is 14.4 Å². The van der Waals surface area contributed by atoms with Crippen molar-refractivity contribution in [1.82, 2.24) is 16.0 Å². The van der Waals surface area contributed by atoms with Gasteiger partial charge >= 0.3 is 12.0 Å². The molecule has 1 heterocycles. The van der Waals surface area contributed by atoms with Crippen LogP contribution in [-0.4, -0.2) is 36.1 Å². The molecule has 0 aromatic carbocycles. The number of carboxylic acid groups (broad SMARTS) is 1. The number of urea groups is 1. The van der Waals surface area contributed by atoms with Crippen LogP contribution in [-0.2, 0) is 11.3 Å². The van der Waals surface area contributed by atoms with E-state index in [0.29, 0.717) is 18.2 Å². The molecule has 0 saturated carbocycles. The second-order valence-corrected chi connectivity index (χ2v) is 4.81. The molecule has 0 bridgehead atoms. The van der Waals surface area contributed by atoms with Gasteiger partial charge in [0.15, 0.2) is 0 Å². The zero-order chi connectivity index (χ0) is 15.8. The fraction of sp³-hybridized carbons (Fsp3) is 0.462. The molecular formula is C13H19N3O5. The number of hydrogen-bond acceptors (Lipinski definition) is 4. The number of aromatic carboxylic acids is 1. The Bertz CT molecular complexity index is 510. The summed E-state index contributed by atoms with van der Waals surface area (Å²) in [6, 6.07) is 2.22. The maximum Gasteiger partial charge on any atom is 0.371 e. The van der Waals surface area contributed by atoms with E-state index in [2.05, 4.69) is 16.0 Å². The first-order chi connectivity index (χ1) is 9.88. The van der Waals surface area contributed by atoms with E-state index in [0.717, 1.165) is 0 Å². The van der Waals surface area contributed by atoms with E-state index in [1.54, 1.807) is 0 Å². The van der Waals surface area contributed by atoms with E-state index in [-0.39, 0.29) is 24.8 Å². The van der Waals surface area contributed by atoms with Crippen molar-refractivity contribution in [1.29, 1.82) is 0 Å². The second-order valence-electron chi connectivity index (χ2n) is 4.81. The molecule has 8 nitrogen and oxygen atoms in total. The van der Waals surface area contributed by atoms with Crippen molar-refractivity contribution in [3.63, 3.8) is 0 Å². The molecule has 0 spiro atoms. The van der Waals surface area contributed by atoms with Crippen molar-refractivity contribution in [3.8, 4) is 0 Å². The van der Waals surface area contributed by atoms with Gasteiger partial charge in [0.2, 0.25) is 11.7 Å². The van der Waals surface area contributed by atoms with Crippen LogP contribution in [0.4, 0.5) is 4.79 Å². The van der Waals surface area contributed by atoms with Crippen LogP contribution in [0.3, 0.4) is 0 Å². The van der Waals surface area contributed by atoms with Gasteiger partial charge in [0.1, 0.15) is 5.76 Å². The normalized spacial score (nSPS) is 10.2. The van der Waals surface area contributed by atoms with Crippen LogP contribution in [0.25, 0.3) is 0 Å². The van der Waals surface area contributed by atoms with Gasteiger partial charge in [0, 0.05) is 6.54 Å². The molecule has 116 valence electrons. The molecule has 0 aliphatic rings. The third-order valence-corrected chi connectivity index (χ3v) is 2.41. The molecule has 0 aliphatic carbocycles. The second kappa shape index (κ2) is 7.93. The summed E-state index contributed by atoms with van der Waals surface area (Å²) < 4.78 is 4.96. The number of nitrogens with one attached hydrogen (secondary N) is 3. The minimum Gasteiger partial charge on any atom is -0.475 e. The molecule has 0 radical (unpaired) electrons. The van der Waals surface area contributed by atoms with Gasteiger partial charge in [-0.15, -0.1) is 0 Å². The maximum atomic E-state index is 11.4. The average Bonchev–Trinajstić information content (AvgIpc) is 2.89. The van der Waals surface area contributed by atoms with Gasteiger partial charge < -0.3 is 25.5 Å². The largest absolute Gasteiger partial charge is 0.475 e. The van der Waals surface area contributed by atoms with E-state index in [1.807, 2.05) is 13.8 Å². The Morgan fingerprint density at radius 2 is 1.90 bits per heavy atom. The molecular weight excluding hydrogens is 278 g/mol. The molecule has 8 heteroatoms. The van der Waals surface area contributed by atoms with Crippen molar-refractivity contribution in [2.24, 2.45) is 5.92 Å². The molecule has 0 atom stereocenters. The lowest BCUT2D eigenvalue weighted by Crippen LogP contribution is -2.42. The Labute approximate surface area is 121 Å². The fourth-order valence-electron chi connectivity index (χ4n) is 1.36. The topological polar surface area (TPSA) is 121 Å². The Balaban J connectivity index is 2.24. The van der Waals surface area contributed by atoms with Gasteiger partial charge in [-0.1, -0.05) is 13.8 Å². The number of rotatable bonds is 7. The third-order valence-electron chi connectivity index (χ3n) is 2.41.